The number of benzene rings is 1. The van der Waals surface area contributed by atoms with Crippen molar-refractivity contribution in [2.45, 2.75) is 87.6 Å². The van der Waals surface area contributed by atoms with Gasteiger partial charge in [0.2, 0.25) is 5.91 Å². The molecule has 9 heteroatoms. The minimum absolute atomic E-state index is 0.00535. The Morgan fingerprint density at radius 2 is 2.00 bits per heavy atom. The Morgan fingerprint density at radius 1 is 1.25 bits per heavy atom. The summed E-state index contributed by atoms with van der Waals surface area (Å²) in [5.41, 5.74) is -1.15. The zero-order valence-electron chi connectivity index (χ0n) is 18.3. The van der Waals surface area contributed by atoms with E-state index < -0.39 is 23.0 Å². The number of halogens is 2. The summed E-state index contributed by atoms with van der Waals surface area (Å²) in [6, 6.07) is 4.13. The highest BCUT2D eigenvalue weighted by Gasteiger charge is 2.55. The van der Waals surface area contributed by atoms with E-state index in [-0.39, 0.29) is 35.2 Å². The highest BCUT2D eigenvalue weighted by atomic mass is 35.5. The van der Waals surface area contributed by atoms with E-state index in [1.807, 2.05) is 0 Å². The highest BCUT2D eigenvalue weighted by Crippen LogP contribution is 2.47. The first-order valence-corrected chi connectivity index (χ1v) is 11.7. The third-order valence-electron chi connectivity index (χ3n) is 7.29. The maximum Gasteiger partial charge on any atom is 0.258 e. The average Bonchev–Trinajstić information content (AvgIpc) is 2.76. The van der Waals surface area contributed by atoms with Gasteiger partial charge in [0, 0.05) is 17.6 Å². The molecule has 0 radical (unpaired) electrons. The zero-order chi connectivity index (χ0) is 22.9. The standard InChI is InChI=1S/C23H31ClFN3O4/c1-14-3-2-4-18(26-14)21(31)28-22-7-9-23(10-8-22,19(29)12-22)27-20(30)13-32-15-5-6-16(24)17(25)11-15/h5-6,11,14,18-19,26,29H,2-4,7-10,12-13H2,1H3,(H,27,30)(H,28,31). The van der Waals surface area contributed by atoms with Gasteiger partial charge in [0.1, 0.15) is 11.6 Å². The number of piperidine rings is 1. The number of hydrogen-bond donors (Lipinski definition) is 4. The van der Waals surface area contributed by atoms with Gasteiger partial charge in [0.15, 0.2) is 6.61 Å². The number of aliphatic hydroxyl groups excluding tert-OH is 1. The molecule has 1 saturated heterocycles. The number of nitrogens with one attached hydrogen (secondary N) is 3. The van der Waals surface area contributed by atoms with E-state index in [9.17, 15) is 19.1 Å². The largest absolute Gasteiger partial charge is 0.484 e. The van der Waals surface area contributed by atoms with E-state index >= 15 is 0 Å². The molecule has 3 aliphatic carbocycles. The summed E-state index contributed by atoms with van der Waals surface area (Å²) in [5.74, 6) is -0.779. The Balaban J connectivity index is 1.31. The van der Waals surface area contributed by atoms with Crippen molar-refractivity contribution in [3.8, 4) is 5.75 Å². The number of fused-ring (bicyclic) bond motifs is 3. The Kier molecular flexibility index (Phi) is 6.66. The first-order valence-electron chi connectivity index (χ1n) is 11.4. The van der Waals surface area contributed by atoms with Crippen molar-refractivity contribution in [3.05, 3.63) is 29.0 Å². The number of carbonyl (C=O) groups excluding carboxylic acids is 2. The fourth-order valence-electron chi connectivity index (χ4n) is 5.38. The molecule has 4 fully saturated rings. The molecule has 2 bridgehead atoms. The molecule has 2 amide bonds. The number of ether oxygens (including phenoxy) is 1. The van der Waals surface area contributed by atoms with Crippen LogP contribution in [0.4, 0.5) is 4.39 Å². The maximum absolute atomic E-state index is 13.5. The zero-order valence-corrected chi connectivity index (χ0v) is 19.0. The molecular weight excluding hydrogens is 437 g/mol. The molecule has 0 aromatic heterocycles. The molecular formula is C23H31ClFN3O4. The van der Waals surface area contributed by atoms with Gasteiger partial charge in [0.05, 0.1) is 22.7 Å². The lowest BCUT2D eigenvalue weighted by Crippen LogP contribution is -2.71. The van der Waals surface area contributed by atoms with Crippen LogP contribution in [0.5, 0.6) is 5.75 Å². The molecule has 3 atom stereocenters. The molecule has 5 rings (SSSR count). The highest BCUT2D eigenvalue weighted by molar-refractivity contribution is 6.30. The molecule has 4 N–H and O–H groups in total. The number of aliphatic hydroxyl groups is 1. The Labute approximate surface area is 192 Å². The fourth-order valence-corrected chi connectivity index (χ4v) is 5.50. The number of carbonyl (C=O) groups is 2. The van der Waals surface area contributed by atoms with Crippen LogP contribution in [0.15, 0.2) is 18.2 Å². The second-order valence-corrected chi connectivity index (χ2v) is 10.0. The van der Waals surface area contributed by atoms with Crippen molar-refractivity contribution in [3.63, 3.8) is 0 Å². The first-order chi connectivity index (χ1) is 15.2. The Hall–Kier alpha value is -1.90. The molecule has 3 unspecified atom stereocenters. The molecule has 7 nitrogen and oxygen atoms in total. The summed E-state index contributed by atoms with van der Waals surface area (Å²) in [7, 11) is 0. The van der Waals surface area contributed by atoms with E-state index in [1.54, 1.807) is 0 Å². The van der Waals surface area contributed by atoms with Gasteiger partial charge >= 0.3 is 0 Å². The van der Waals surface area contributed by atoms with Gasteiger partial charge in [0.25, 0.3) is 5.91 Å². The lowest BCUT2D eigenvalue weighted by atomic mass is 9.59. The van der Waals surface area contributed by atoms with E-state index in [4.69, 9.17) is 16.3 Å². The summed E-state index contributed by atoms with van der Waals surface area (Å²) in [4.78, 5) is 25.4. The van der Waals surface area contributed by atoms with Crippen molar-refractivity contribution in [1.29, 1.82) is 0 Å². The fraction of sp³-hybridized carbons (Fsp3) is 0.652. The third kappa shape index (κ3) is 4.87. The molecule has 3 saturated carbocycles. The van der Waals surface area contributed by atoms with Crippen LogP contribution in [0.2, 0.25) is 5.02 Å². The summed E-state index contributed by atoms with van der Waals surface area (Å²) < 4.78 is 18.9. The SMILES string of the molecule is CC1CCCC(C(=O)NC23CCC(NC(=O)COc4ccc(Cl)c(F)c4)(CC2)C(O)C3)N1. The Morgan fingerprint density at radius 3 is 2.66 bits per heavy atom. The van der Waals surface area contributed by atoms with Gasteiger partial charge in [-0.1, -0.05) is 11.6 Å². The van der Waals surface area contributed by atoms with Crippen molar-refractivity contribution in [2.24, 2.45) is 0 Å². The minimum Gasteiger partial charge on any atom is -0.484 e. The molecule has 1 heterocycles. The molecule has 0 spiro atoms. The monoisotopic (exact) mass is 467 g/mol. The normalized spacial score (nSPS) is 34.1. The van der Waals surface area contributed by atoms with Gasteiger partial charge in [-0.3, -0.25) is 9.59 Å². The molecule has 1 aromatic carbocycles. The second-order valence-electron chi connectivity index (χ2n) is 9.61. The molecule has 176 valence electrons. The molecule has 32 heavy (non-hydrogen) atoms. The van der Waals surface area contributed by atoms with E-state index in [0.717, 1.165) is 25.3 Å². The van der Waals surface area contributed by atoms with E-state index in [2.05, 4.69) is 22.9 Å². The molecule has 1 aliphatic heterocycles. The van der Waals surface area contributed by atoms with Crippen LogP contribution in [-0.4, -0.2) is 52.8 Å². The van der Waals surface area contributed by atoms with Crippen molar-refractivity contribution in [2.75, 3.05) is 6.61 Å². The van der Waals surface area contributed by atoms with Crippen molar-refractivity contribution < 1.29 is 23.8 Å². The topological polar surface area (TPSA) is 99.7 Å². The summed E-state index contributed by atoms with van der Waals surface area (Å²) in [6.45, 7) is 1.80. The van der Waals surface area contributed by atoms with Gasteiger partial charge in [-0.2, -0.15) is 0 Å². The van der Waals surface area contributed by atoms with Crippen LogP contribution in [0.3, 0.4) is 0 Å². The molecule has 1 aromatic rings. The second kappa shape index (κ2) is 9.15. The lowest BCUT2D eigenvalue weighted by molar-refractivity contribution is -0.137. The van der Waals surface area contributed by atoms with Crippen LogP contribution < -0.4 is 20.7 Å². The van der Waals surface area contributed by atoms with Gasteiger partial charge < -0.3 is 25.8 Å². The maximum atomic E-state index is 13.5. The summed E-state index contributed by atoms with van der Waals surface area (Å²) in [5, 5.41) is 20.4. The first kappa shape index (κ1) is 23.3. The van der Waals surface area contributed by atoms with E-state index in [1.165, 1.54) is 12.1 Å². The van der Waals surface area contributed by atoms with Crippen LogP contribution in [0.1, 0.15) is 58.3 Å². The average molecular weight is 468 g/mol. The lowest BCUT2D eigenvalue weighted by Gasteiger charge is -2.56. The number of hydrogen-bond acceptors (Lipinski definition) is 5. The third-order valence-corrected chi connectivity index (χ3v) is 7.60. The number of rotatable bonds is 6. The van der Waals surface area contributed by atoms with Crippen LogP contribution in [-0.2, 0) is 9.59 Å². The summed E-state index contributed by atoms with van der Waals surface area (Å²) >= 11 is 5.66. The van der Waals surface area contributed by atoms with E-state index in [0.29, 0.717) is 38.1 Å². The van der Waals surface area contributed by atoms with Gasteiger partial charge in [-0.25, -0.2) is 4.39 Å². The van der Waals surface area contributed by atoms with Crippen LogP contribution in [0, 0.1) is 5.82 Å². The quantitative estimate of drug-likeness (QED) is 0.515. The number of amides is 2. The summed E-state index contributed by atoms with van der Waals surface area (Å²) in [6.07, 6.45) is 5.11. The minimum atomic E-state index is -0.763. The van der Waals surface area contributed by atoms with Gasteiger partial charge in [-0.15, -0.1) is 0 Å². The molecule has 4 aliphatic rings. The van der Waals surface area contributed by atoms with Crippen LogP contribution in [0.25, 0.3) is 0 Å². The smallest absolute Gasteiger partial charge is 0.258 e. The van der Waals surface area contributed by atoms with Crippen molar-refractivity contribution in [1.82, 2.24) is 16.0 Å². The Bertz CT molecular complexity index is 875. The van der Waals surface area contributed by atoms with Gasteiger partial charge in [-0.05, 0) is 70.4 Å². The predicted octanol–water partition coefficient (Wildman–Crippen LogP) is 2.44. The van der Waals surface area contributed by atoms with Crippen LogP contribution >= 0.6 is 11.6 Å². The predicted molar refractivity (Wildman–Crippen MR) is 118 cm³/mol. The van der Waals surface area contributed by atoms with Crippen molar-refractivity contribution >= 4 is 23.4 Å².